The number of benzene rings is 2. The summed E-state index contributed by atoms with van der Waals surface area (Å²) in [4.78, 5) is 26.2. The summed E-state index contributed by atoms with van der Waals surface area (Å²) in [6.45, 7) is 2.15. The number of hydrogen-bond donors (Lipinski definition) is 0. The highest BCUT2D eigenvalue weighted by molar-refractivity contribution is 5.93. The number of nitrogens with zero attached hydrogens (tertiary/aromatic N) is 1. The first-order valence-electron chi connectivity index (χ1n) is 8.61. The van der Waals surface area contributed by atoms with Crippen LogP contribution in [0.1, 0.15) is 25.3 Å². The highest BCUT2D eigenvalue weighted by Crippen LogP contribution is 2.20. The predicted octanol–water partition coefficient (Wildman–Crippen LogP) is 3.85. The molecule has 0 saturated heterocycles. The van der Waals surface area contributed by atoms with Crippen LogP contribution in [-0.4, -0.2) is 25.5 Å². The number of hydrogen-bond acceptors (Lipinski definition) is 3. The molecule has 0 aliphatic heterocycles. The Morgan fingerprint density at radius 3 is 2.16 bits per heavy atom. The topological polar surface area (TPSA) is 46.6 Å². The van der Waals surface area contributed by atoms with Gasteiger partial charge in [-0.1, -0.05) is 48.5 Å². The second-order valence-corrected chi connectivity index (χ2v) is 6.06. The fourth-order valence-corrected chi connectivity index (χ4v) is 2.80. The van der Waals surface area contributed by atoms with Gasteiger partial charge in [0.1, 0.15) is 0 Å². The van der Waals surface area contributed by atoms with Crippen molar-refractivity contribution in [3.8, 4) is 0 Å². The SMILES string of the molecule is CCOC(=O)CC(CC(=O)N(C)c1ccccc1)Cc1ccccc1. The van der Waals surface area contributed by atoms with E-state index >= 15 is 0 Å². The van der Waals surface area contributed by atoms with E-state index in [1.54, 1.807) is 18.9 Å². The van der Waals surface area contributed by atoms with Crippen molar-refractivity contribution in [3.63, 3.8) is 0 Å². The summed E-state index contributed by atoms with van der Waals surface area (Å²) in [6, 6.07) is 19.4. The number of ether oxygens (including phenoxy) is 1. The monoisotopic (exact) mass is 339 g/mol. The summed E-state index contributed by atoms with van der Waals surface area (Å²) >= 11 is 0. The van der Waals surface area contributed by atoms with Gasteiger partial charge in [-0.05, 0) is 37.0 Å². The molecule has 1 atom stereocenters. The lowest BCUT2D eigenvalue weighted by Gasteiger charge is -2.21. The smallest absolute Gasteiger partial charge is 0.306 e. The Morgan fingerprint density at radius 1 is 0.960 bits per heavy atom. The van der Waals surface area contributed by atoms with Crippen molar-refractivity contribution in [2.45, 2.75) is 26.2 Å². The molecule has 0 bridgehead atoms. The van der Waals surface area contributed by atoms with Crippen molar-refractivity contribution in [2.24, 2.45) is 5.92 Å². The molecule has 0 radical (unpaired) electrons. The van der Waals surface area contributed by atoms with Gasteiger partial charge in [-0.3, -0.25) is 9.59 Å². The second-order valence-electron chi connectivity index (χ2n) is 6.06. The van der Waals surface area contributed by atoms with Crippen LogP contribution in [0.5, 0.6) is 0 Å². The van der Waals surface area contributed by atoms with Crippen LogP contribution in [0.2, 0.25) is 0 Å². The molecule has 0 aromatic heterocycles. The Hall–Kier alpha value is -2.62. The molecule has 4 nitrogen and oxygen atoms in total. The zero-order valence-electron chi connectivity index (χ0n) is 14.9. The van der Waals surface area contributed by atoms with Gasteiger partial charge >= 0.3 is 5.97 Å². The van der Waals surface area contributed by atoms with Gasteiger partial charge in [-0.2, -0.15) is 0 Å². The van der Waals surface area contributed by atoms with E-state index in [9.17, 15) is 9.59 Å². The number of anilines is 1. The van der Waals surface area contributed by atoms with Gasteiger partial charge < -0.3 is 9.64 Å². The summed E-state index contributed by atoms with van der Waals surface area (Å²) in [7, 11) is 1.77. The largest absolute Gasteiger partial charge is 0.466 e. The number of amides is 1. The molecule has 0 heterocycles. The molecule has 0 aliphatic carbocycles. The van der Waals surface area contributed by atoms with Crippen molar-refractivity contribution < 1.29 is 14.3 Å². The van der Waals surface area contributed by atoms with E-state index in [-0.39, 0.29) is 24.2 Å². The van der Waals surface area contributed by atoms with Gasteiger partial charge in [0, 0.05) is 25.6 Å². The minimum atomic E-state index is -0.251. The lowest BCUT2D eigenvalue weighted by molar-refractivity contribution is -0.144. The zero-order valence-corrected chi connectivity index (χ0v) is 14.9. The maximum atomic E-state index is 12.7. The highest BCUT2D eigenvalue weighted by atomic mass is 16.5. The molecule has 0 fully saturated rings. The van der Waals surface area contributed by atoms with Crippen LogP contribution < -0.4 is 4.90 Å². The molecular formula is C21H25NO3. The van der Waals surface area contributed by atoms with Gasteiger partial charge in [0.15, 0.2) is 0 Å². The fraction of sp³-hybridized carbons (Fsp3) is 0.333. The molecule has 132 valence electrons. The minimum Gasteiger partial charge on any atom is -0.466 e. The molecule has 1 amide bonds. The predicted molar refractivity (Wildman–Crippen MR) is 99.4 cm³/mol. The van der Waals surface area contributed by atoms with Gasteiger partial charge in [-0.25, -0.2) is 0 Å². The average Bonchev–Trinajstić information content (AvgIpc) is 2.62. The number of esters is 1. The lowest BCUT2D eigenvalue weighted by atomic mass is 9.92. The van der Waals surface area contributed by atoms with Crippen molar-refractivity contribution in [1.82, 2.24) is 0 Å². The summed E-state index contributed by atoms with van der Waals surface area (Å²) in [5.41, 5.74) is 1.97. The highest BCUT2D eigenvalue weighted by Gasteiger charge is 2.21. The quantitative estimate of drug-likeness (QED) is 0.686. The van der Waals surface area contributed by atoms with E-state index in [1.807, 2.05) is 60.7 Å². The summed E-state index contributed by atoms with van der Waals surface area (Å²) in [5.74, 6) is -0.338. The fourth-order valence-electron chi connectivity index (χ4n) is 2.80. The van der Waals surface area contributed by atoms with E-state index < -0.39 is 0 Å². The Labute approximate surface area is 149 Å². The number of carbonyl (C=O) groups excluding carboxylic acids is 2. The molecule has 0 saturated carbocycles. The van der Waals surface area contributed by atoms with E-state index in [0.29, 0.717) is 19.4 Å². The molecule has 0 N–H and O–H groups in total. The zero-order chi connectivity index (χ0) is 18.1. The molecule has 4 heteroatoms. The normalized spacial score (nSPS) is 11.6. The van der Waals surface area contributed by atoms with Crippen molar-refractivity contribution in [1.29, 1.82) is 0 Å². The van der Waals surface area contributed by atoms with Crippen molar-refractivity contribution in [3.05, 3.63) is 66.2 Å². The number of rotatable bonds is 8. The third-order valence-electron chi connectivity index (χ3n) is 4.11. The summed E-state index contributed by atoms with van der Waals surface area (Å²) in [5, 5.41) is 0. The molecule has 1 unspecified atom stereocenters. The first-order valence-corrected chi connectivity index (χ1v) is 8.61. The van der Waals surface area contributed by atoms with Crippen LogP contribution in [0.15, 0.2) is 60.7 Å². The molecule has 2 aromatic rings. The summed E-state index contributed by atoms with van der Waals surface area (Å²) < 4.78 is 5.07. The van der Waals surface area contributed by atoms with E-state index in [4.69, 9.17) is 4.74 Å². The maximum absolute atomic E-state index is 12.7. The first kappa shape index (κ1) is 18.7. The van der Waals surface area contributed by atoms with Gasteiger partial charge in [0.05, 0.1) is 6.61 Å². The third kappa shape index (κ3) is 6.07. The molecule has 0 aliphatic rings. The van der Waals surface area contributed by atoms with Gasteiger partial charge in [0.2, 0.25) is 5.91 Å². The Bertz CT molecular complexity index is 670. The van der Waals surface area contributed by atoms with Crippen LogP contribution in [0, 0.1) is 5.92 Å². The third-order valence-corrected chi connectivity index (χ3v) is 4.11. The van der Waals surface area contributed by atoms with Crippen LogP contribution in [-0.2, 0) is 20.7 Å². The second kappa shape index (κ2) is 9.62. The first-order chi connectivity index (χ1) is 12.1. The van der Waals surface area contributed by atoms with E-state index in [2.05, 4.69) is 0 Å². The molecule has 0 spiro atoms. The van der Waals surface area contributed by atoms with E-state index in [0.717, 1.165) is 11.3 Å². The van der Waals surface area contributed by atoms with Crippen molar-refractivity contribution in [2.75, 3.05) is 18.6 Å². The van der Waals surface area contributed by atoms with Crippen LogP contribution in [0.25, 0.3) is 0 Å². The Balaban J connectivity index is 2.06. The number of para-hydroxylation sites is 1. The minimum absolute atomic E-state index is 0.00331. The maximum Gasteiger partial charge on any atom is 0.306 e. The van der Waals surface area contributed by atoms with Crippen LogP contribution >= 0.6 is 0 Å². The van der Waals surface area contributed by atoms with Gasteiger partial charge in [-0.15, -0.1) is 0 Å². The van der Waals surface area contributed by atoms with E-state index in [1.165, 1.54) is 0 Å². The standard InChI is InChI=1S/C21H25NO3/c1-3-25-21(24)16-18(14-17-10-6-4-7-11-17)15-20(23)22(2)19-12-8-5-9-13-19/h4-13,18H,3,14-16H2,1-2H3. The molecule has 25 heavy (non-hydrogen) atoms. The number of carbonyl (C=O) groups is 2. The Kier molecular flexibility index (Phi) is 7.20. The molecular weight excluding hydrogens is 314 g/mol. The molecule has 2 aromatic carbocycles. The van der Waals surface area contributed by atoms with Gasteiger partial charge in [0.25, 0.3) is 0 Å². The lowest BCUT2D eigenvalue weighted by Crippen LogP contribution is -2.29. The molecule has 2 rings (SSSR count). The summed E-state index contributed by atoms with van der Waals surface area (Å²) in [6.07, 6.45) is 1.23. The Morgan fingerprint density at radius 2 is 1.56 bits per heavy atom. The van der Waals surface area contributed by atoms with Crippen LogP contribution in [0.3, 0.4) is 0 Å². The van der Waals surface area contributed by atoms with Crippen molar-refractivity contribution >= 4 is 17.6 Å². The average molecular weight is 339 g/mol. The van der Waals surface area contributed by atoms with Crippen LogP contribution in [0.4, 0.5) is 5.69 Å².